The topological polar surface area (TPSA) is 81.2 Å². The van der Waals surface area contributed by atoms with E-state index in [2.05, 4.69) is 22.3 Å². The zero-order valence-electron chi connectivity index (χ0n) is 12.3. The van der Waals surface area contributed by atoms with Crippen molar-refractivity contribution >= 4 is 11.8 Å². The molecule has 1 aromatic carbocycles. The molecule has 2 aromatic rings. The first-order valence-corrected chi connectivity index (χ1v) is 6.56. The number of rotatable bonds is 2. The van der Waals surface area contributed by atoms with Crippen molar-refractivity contribution in [3.05, 3.63) is 46.1 Å². The zero-order chi connectivity index (χ0) is 15.4. The first-order chi connectivity index (χ1) is 10.0. The van der Waals surface area contributed by atoms with Gasteiger partial charge in [-0.05, 0) is 44.5 Å². The Morgan fingerprint density at radius 1 is 1.33 bits per heavy atom. The molecule has 0 spiro atoms. The first-order valence-electron chi connectivity index (χ1n) is 6.56. The summed E-state index contributed by atoms with van der Waals surface area (Å²) in [6.07, 6.45) is 0. The summed E-state index contributed by atoms with van der Waals surface area (Å²) in [6.45, 7) is 5.86. The standard InChI is InChI=1S/C16H17N3O2/c1-10-7-13(5-4-6-17)9-14(8-10)15(20)18-16-11(2)12(3)19-21-16/h7-9H,6,17H2,1-3H3,(H,18,20). The Hall–Kier alpha value is -2.58. The van der Waals surface area contributed by atoms with Crippen LogP contribution in [0.25, 0.3) is 0 Å². The second-order valence-electron chi connectivity index (χ2n) is 4.77. The molecule has 0 radical (unpaired) electrons. The Morgan fingerprint density at radius 3 is 2.71 bits per heavy atom. The molecular formula is C16H17N3O2. The molecule has 21 heavy (non-hydrogen) atoms. The number of carbonyl (C=O) groups excluding carboxylic acids is 1. The van der Waals surface area contributed by atoms with Crippen molar-refractivity contribution in [1.82, 2.24) is 5.16 Å². The molecule has 0 saturated carbocycles. The molecule has 0 bridgehead atoms. The van der Waals surface area contributed by atoms with E-state index in [-0.39, 0.29) is 12.5 Å². The van der Waals surface area contributed by atoms with Crippen LogP contribution >= 0.6 is 0 Å². The van der Waals surface area contributed by atoms with Crippen molar-refractivity contribution in [2.75, 3.05) is 11.9 Å². The van der Waals surface area contributed by atoms with Crippen molar-refractivity contribution in [3.63, 3.8) is 0 Å². The van der Waals surface area contributed by atoms with Crippen molar-refractivity contribution in [2.24, 2.45) is 5.73 Å². The second kappa shape index (κ2) is 6.25. The Labute approximate surface area is 123 Å². The molecule has 0 saturated heterocycles. The highest BCUT2D eigenvalue weighted by Gasteiger charge is 2.13. The van der Waals surface area contributed by atoms with E-state index in [4.69, 9.17) is 10.3 Å². The molecule has 3 N–H and O–H groups in total. The van der Waals surface area contributed by atoms with Gasteiger partial charge in [-0.3, -0.25) is 10.1 Å². The van der Waals surface area contributed by atoms with Gasteiger partial charge < -0.3 is 10.3 Å². The highest BCUT2D eigenvalue weighted by molar-refractivity contribution is 6.04. The molecule has 108 valence electrons. The predicted octanol–water partition coefficient (Wildman–Crippen LogP) is 2.16. The van der Waals surface area contributed by atoms with Gasteiger partial charge in [0.15, 0.2) is 0 Å². The molecule has 0 aliphatic carbocycles. The summed E-state index contributed by atoms with van der Waals surface area (Å²) >= 11 is 0. The van der Waals surface area contributed by atoms with Gasteiger partial charge in [0.2, 0.25) is 5.88 Å². The number of anilines is 1. The maximum Gasteiger partial charge on any atom is 0.258 e. The lowest BCUT2D eigenvalue weighted by Gasteiger charge is -2.05. The van der Waals surface area contributed by atoms with Crippen LogP contribution in [0.2, 0.25) is 0 Å². The van der Waals surface area contributed by atoms with E-state index in [1.54, 1.807) is 12.1 Å². The average molecular weight is 283 g/mol. The summed E-state index contributed by atoms with van der Waals surface area (Å²) in [6, 6.07) is 5.42. The molecular weight excluding hydrogens is 266 g/mol. The molecule has 0 atom stereocenters. The van der Waals surface area contributed by atoms with Crippen molar-refractivity contribution in [2.45, 2.75) is 20.8 Å². The number of aryl methyl sites for hydroxylation is 2. The minimum atomic E-state index is -0.256. The van der Waals surface area contributed by atoms with E-state index < -0.39 is 0 Å². The Kier molecular flexibility index (Phi) is 4.41. The minimum Gasteiger partial charge on any atom is -0.338 e. The zero-order valence-corrected chi connectivity index (χ0v) is 12.3. The van der Waals surface area contributed by atoms with Crippen LogP contribution in [0.4, 0.5) is 5.88 Å². The molecule has 5 nitrogen and oxygen atoms in total. The molecule has 0 unspecified atom stereocenters. The summed E-state index contributed by atoms with van der Waals surface area (Å²) in [7, 11) is 0. The molecule has 0 aliphatic rings. The van der Waals surface area contributed by atoms with Crippen LogP contribution in [0.15, 0.2) is 22.7 Å². The van der Waals surface area contributed by atoms with E-state index in [1.165, 1.54) is 0 Å². The van der Waals surface area contributed by atoms with E-state index in [0.29, 0.717) is 11.4 Å². The third-order valence-corrected chi connectivity index (χ3v) is 3.06. The van der Waals surface area contributed by atoms with E-state index in [0.717, 1.165) is 22.4 Å². The maximum absolute atomic E-state index is 12.3. The lowest BCUT2D eigenvalue weighted by Crippen LogP contribution is -2.12. The van der Waals surface area contributed by atoms with Crippen LogP contribution in [0, 0.1) is 32.6 Å². The van der Waals surface area contributed by atoms with E-state index in [9.17, 15) is 4.79 Å². The van der Waals surface area contributed by atoms with Gasteiger partial charge in [0.25, 0.3) is 5.91 Å². The number of carbonyl (C=O) groups is 1. The highest BCUT2D eigenvalue weighted by atomic mass is 16.5. The molecule has 1 aromatic heterocycles. The van der Waals surface area contributed by atoms with Crippen LogP contribution in [0.5, 0.6) is 0 Å². The fraction of sp³-hybridized carbons (Fsp3) is 0.250. The summed E-state index contributed by atoms with van der Waals surface area (Å²) in [5, 5.41) is 6.53. The lowest BCUT2D eigenvalue weighted by molar-refractivity contribution is 0.102. The largest absolute Gasteiger partial charge is 0.338 e. The highest BCUT2D eigenvalue weighted by Crippen LogP contribution is 2.19. The lowest BCUT2D eigenvalue weighted by atomic mass is 10.1. The number of hydrogen-bond donors (Lipinski definition) is 2. The monoisotopic (exact) mass is 283 g/mol. The van der Waals surface area contributed by atoms with Gasteiger partial charge in [-0.15, -0.1) is 0 Å². The van der Waals surface area contributed by atoms with Crippen molar-refractivity contribution in [1.29, 1.82) is 0 Å². The van der Waals surface area contributed by atoms with Gasteiger partial charge in [0.1, 0.15) is 0 Å². The number of nitrogens with one attached hydrogen (secondary N) is 1. The number of benzene rings is 1. The van der Waals surface area contributed by atoms with E-state index >= 15 is 0 Å². The smallest absolute Gasteiger partial charge is 0.258 e. The number of nitrogens with two attached hydrogens (primary N) is 1. The van der Waals surface area contributed by atoms with Crippen molar-refractivity contribution < 1.29 is 9.32 Å². The predicted molar refractivity (Wildman–Crippen MR) is 81.0 cm³/mol. The number of aromatic nitrogens is 1. The summed E-state index contributed by atoms with van der Waals surface area (Å²) in [4.78, 5) is 12.3. The van der Waals surface area contributed by atoms with Gasteiger partial charge >= 0.3 is 0 Å². The van der Waals surface area contributed by atoms with Crippen LogP contribution < -0.4 is 11.1 Å². The molecule has 0 fully saturated rings. The summed E-state index contributed by atoms with van der Waals surface area (Å²) in [5.41, 5.74) is 9.17. The van der Waals surface area contributed by atoms with Crippen molar-refractivity contribution in [3.8, 4) is 11.8 Å². The first kappa shape index (κ1) is 14.8. The minimum absolute atomic E-state index is 0.256. The molecule has 2 rings (SSSR count). The van der Waals surface area contributed by atoms with Gasteiger partial charge in [-0.25, -0.2) is 0 Å². The van der Waals surface area contributed by atoms with Gasteiger partial charge in [-0.2, -0.15) is 0 Å². The maximum atomic E-state index is 12.3. The van der Waals surface area contributed by atoms with Crippen LogP contribution in [0.1, 0.15) is 32.7 Å². The normalized spacial score (nSPS) is 9.90. The van der Waals surface area contributed by atoms with Gasteiger partial charge in [0.05, 0.1) is 12.2 Å². The Bertz CT molecular complexity index is 736. The molecule has 1 heterocycles. The summed E-state index contributed by atoms with van der Waals surface area (Å²) in [5.74, 6) is 5.82. The van der Waals surface area contributed by atoms with Crippen LogP contribution in [-0.4, -0.2) is 17.6 Å². The third kappa shape index (κ3) is 3.50. The van der Waals surface area contributed by atoms with Gasteiger partial charge in [0, 0.05) is 16.7 Å². The van der Waals surface area contributed by atoms with Gasteiger partial charge in [-0.1, -0.05) is 17.0 Å². The van der Waals surface area contributed by atoms with E-state index in [1.807, 2.05) is 26.8 Å². The average Bonchev–Trinajstić information content (AvgIpc) is 2.76. The fourth-order valence-corrected chi connectivity index (χ4v) is 1.85. The number of nitrogens with zero attached hydrogens (tertiary/aromatic N) is 1. The third-order valence-electron chi connectivity index (χ3n) is 3.06. The number of amides is 1. The fourth-order valence-electron chi connectivity index (χ4n) is 1.85. The molecule has 1 amide bonds. The number of hydrogen-bond acceptors (Lipinski definition) is 4. The SMILES string of the molecule is Cc1cc(C#CCN)cc(C(=O)Nc2onc(C)c2C)c1. The summed E-state index contributed by atoms with van der Waals surface area (Å²) < 4.78 is 5.09. The quantitative estimate of drug-likeness (QED) is 0.828. The second-order valence-corrected chi connectivity index (χ2v) is 4.77. The van der Waals surface area contributed by atoms with Crippen LogP contribution in [-0.2, 0) is 0 Å². The molecule has 5 heteroatoms. The molecule has 0 aliphatic heterocycles. The Morgan fingerprint density at radius 2 is 2.10 bits per heavy atom. The van der Waals surface area contributed by atoms with Crippen LogP contribution in [0.3, 0.4) is 0 Å². The Balaban J connectivity index is 2.26.